The number of halogens is 1. The number of nitrogens with zero attached hydrogens (tertiary/aromatic N) is 2. The van der Waals surface area contributed by atoms with Gasteiger partial charge in [0, 0.05) is 16.0 Å². The summed E-state index contributed by atoms with van der Waals surface area (Å²) in [5, 5.41) is 6.98. The van der Waals surface area contributed by atoms with Crippen LogP contribution in [0.4, 0.5) is 0 Å². The zero-order chi connectivity index (χ0) is 17.0. The maximum absolute atomic E-state index is 13.0. The summed E-state index contributed by atoms with van der Waals surface area (Å²) in [6, 6.07) is 21.6. The molecule has 0 bridgehead atoms. The van der Waals surface area contributed by atoms with E-state index in [9.17, 15) is 4.79 Å². The molecule has 1 heterocycles. The van der Waals surface area contributed by atoms with Gasteiger partial charge in [0.1, 0.15) is 5.69 Å². The van der Waals surface area contributed by atoms with E-state index in [1.165, 1.54) is 4.68 Å². The summed E-state index contributed by atoms with van der Waals surface area (Å²) in [4.78, 5) is 13.0. The van der Waals surface area contributed by atoms with E-state index in [0.29, 0.717) is 17.0 Å². The van der Waals surface area contributed by atoms with Crippen LogP contribution in [0, 0.1) is 0 Å². The highest BCUT2D eigenvalue weighted by Gasteiger charge is 2.24. The third-order valence-corrected chi connectivity index (χ3v) is 5.11. The second-order valence-electron chi connectivity index (χ2n) is 6.18. The van der Waals surface area contributed by atoms with E-state index in [1.807, 2.05) is 48.5 Å². The molecule has 1 aliphatic carbocycles. The monoisotopic (exact) mass is 344 g/mol. The van der Waals surface area contributed by atoms with Crippen molar-refractivity contribution in [2.45, 2.75) is 6.54 Å². The van der Waals surface area contributed by atoms with Gasteiger partial charge >= 0.3 is 0 Å². The van der Waals surface area contributed by atoms with E-state index in [0.717, 1.165) is 33.3 Å². The first-order valence-corrected chi connectivity index (χ1v) is 8.49. The quantitative estimate of drug-likeness (QED) is 0.463. The minimum atomic E-state index is -0.0895. The van der Waals surface area contributed by atoms with Crippen LogP contribution >= 0.6 is 11.6 Å². The number of hydrogen-bond donors (Lipinski definition) is 0. The number of fused-ring (bicyclic) bond motifs is 3. The van der Waals surface area contributed by atoms with Gasteiger partial charge in [-0.05, 0) is 28.8 Å². The molecule has 0 saturated carbocycles. The Labute approximate surface area is 149 Å². The smallest absolute Gasteiger partial charge is 0.267 e. The molecule has 0 fully saturated rings. The minimum absolute atomic E-state index is 0.0895. The summed E-state index contributed by atoms with van der Waals surface area (Å²) in [5.41, 5.74) is 4.94. The fourth-order valence-electron chi connectivity index (χ4n) is 3.57. The maximum atomic E-state index is 13.0. The number of aromatic nitrogens is 2. The normalized spacial score (nSPS) is 11.7. The van der Waals surface area contributed by atoms with Gasteiger partial charge in [-0.2, -0.15) is 5.10 Å². The lowest BCUT2D eigenvalue weighted by Gasteiger charge is -2.10. The van der Waals surface area contributed by atoms with Crippen molar-refractivity contribution in [2.75, 3.05) is 0 Å². The standard InChI is InChI=1S/C21H13ClN2O/c22-18-11-4-1-6-13(18)12-24-21(25)17-10-5-9-15-14-7-2-3-8-16(14)20(23-24)19(15)17/h1-11H,12H2. The van der Waals surface area contributed by atoms with Crippen molar-refractivity contribution < 1.29 is 0 Å². The second-order valence-corrected chi connectivity index (χ2v) is 6.58. The third kappa shape index (κ3) is 2.06. The van der Waals surface area contributed by atoms with E-state index in [-0.39, 0.29) is 5.56 Å². The zero-order valence-corrected chi connectivity index (χ0v) is 14.0. The van der Waals surface area contributed by atoms with Crippen LogP contribution in [0.2, 0.25) is 5.02 Å². The van der Waals surface area contributed by atoms with E-state index in [1.54, 1.807) is 0 Å². The third-order valence-electron chi connectivity index (χ3n) is 4.74. The van der Waals surface area contributed by atoms with Crippen molar-refractivity contribution in [2.24, 2.45) is 0 Å². The Balaban J connectivity index is 1.80. The van der Waals surface area contributed by atoms with Gasteiger partial charge in [-0.15, -0.1) is 0 Å². The van der Waals surface area contributed by atoms with Gasteiger partial charge in [0.2, 0.25) is 0 Å². The summed E-state index contributed by atoms with van der Waals surface area (Å²) in [5.74, 6) is 0. The molecule has 4 aromatic rings. The molecule has 3 aromatic carbocycles. The van der Waals surface area contributed by atoms with Crippen LogP contribution in [0.15, 0.2) is 71.5 Å². The summed E-state index contributed by atoms with van der Waals surface area (Å²) in [6.07, 6.45) is 0. The lowest BCUT2D eigenvalue weighted by Crippen LogP contribution is -2.24. The molecule has 5 rings (SSSR count). The Kier molecular flexibility index (Phi) is 3.06. The molecule has 120 valence electrons. The van der Waals surface area contributed by atoms with Crippen LogP contribution in [0.25, 0.3) is 33.2 Å². The van der Waals surface area contributed by atoms with Crippen molar-refractivity contribution in [3.8, 4) is 22.4 Å². The highest BCUT2D eigenvalue weighted by atomic mass is 35.5. The van der Waals surface area contributed by atoms with Gasteiger partial charge in [-0.25, -0.2) is 4.68 Å². The van der Waals surface area contributed by atoms with Crippen molar-refractivity contribution in [1.82, 2.24) is 9.78 Å². The summed E-state index contributed by atoms with van der Waals surface area (Å²) < 4.78 is 1.52. The van der Waals surface area contributed by atoms with E-state index in [4.69, 9.17) is 16.7 Å². The van der Waals surface area contributed by atoms with Gasteiger partial charge in [0.25, 0.3) is 5.56 Å². The molecule has 0 spiro atoms. The minimum Gasteiger partial charge on any atom is -0.267 e. The Morgan fingerprint density at radius 3 is 2.40 bits per heavy atom. The first kappa shape index (κ1) is 14.4. The molecular weight excluding hydrogens is 332 g/mol. The molecule has 1 aromatic heterocycles. The average Bonchev–Trinajstić information content (AvgIpc) is 2.96. The largest absolute Gasteiger partial charge is 0.275 e. The average molecular weight is 345 g/mol. The van der Waals surface area contributed by atoms with Crippen LogP contribution in [-0.4, -0.2) is 9.78 Å². The maximum Gasteiger partial charge on any atom is 0.275 e. The molecule has 0 N–H and O–H groups in total. The molecule has 0 unspecified atom stereocenters. The molecular formula is C21H13ClN2O. The Morgan fingerprint density at radius 1 is 0.840 bits per heavy atom. The van der Waals surface area contributed by atoms with E-state index < -0.39 is 0 Å². The molecule has 4 heteroatoms. The van der Waals surface area contributed by atoms with Crippen molar-refractivity contribution in [1.29, 1.82) is 0 Å². The second kappa shape index (κ2) is 5.30. The highest BCUT2D eigenvalue weighted by molar-refractivity contribution is 6.31. The van der Waals surface area contributed by atoms with Gasteiger partial charge in [0.05, 0.1) is 11.9 Å². The summed E-state index contributed by atoms with van der Waals surface area (Å²) in [7, 11) is 0. The van der Waals surface area contributed by atoms with Crippen LogP contribution < -0.4 is 5.56 Å². The van der Waals surface area contributed by atoms with E-state index >= 15 is 0 Å². The molecule has 1 aliphatic rings. The van der Waals surface area contributed by atoms with Crippen LogP contribution in [0.3, 0.4) is 0 Å². The number of benzene rings is 3. The van der Waals surface area contributed by atoms with Gasteiger partial charge in [-0.1, -0.05) is 66.2 Å². The van der Waals surface area contributed by atoms with Crippen molar-refractivity contribution in [3.63, 3.8) is 0 Å². The lowest BCUT2D eigenvalue weighted by molar-refractivity contribution is 0.651. The Hall–Kier alpha value is -2.91. The predicted molar refractivity (Wildman–Crippen MR) is 101 cm³/mol. The first-order chi connectivity index (χ1) is 12.2. The summed E-state index contributed by atoms with van der Waals surface area (Å²) >= 11 is 6.27. The molecule has 0 atom stereocenters. The fraction of sp³-hybridized carbons (Fsp3) is 0.0476. The van der Waals surface area contributed by atoms with Crippen molar-refractivity contribution in [3.05, 3.63) is 87.7 Å². The molecule has 0 aliphatic heterocycles. The fourth-order valence-corrected chi connectivity index (χ4v) is 3.77. The molecule has 0 saturated heterocycles. The Morgan fingerprint density at radius 2 is 1.56 bits per heavy atom. The first-order valence-electron chi connectivity index (χ1n) is 8.11. The van der Waals surface area contributed by atoms with Crippen LogP contribution in [0.5, 0.6) is 0 Å². The lowest BCUT2D eigenvalue weighted by atomic mass is 10.0. The zero-order valence-electron chi connectivity index (χ0n) is 13.2. The van der Waals surface area contributed by atoms with Crippen LogP contribution in [-0.2, 0) is 6.54 Å². The van der Waals surface area contributed by atoms with Crippen LogP contribution in [0.1, 0.15) is 5.56 Å². The van der Waals surface area contributed by atoms with Gasteiger partial charge in [0.15, 0.2) is 0 Å². The topological polar surface area (TPSA) is 34.9 Å². The van der Waals surface area contributed by atoms with Gasteiger partial charge in [-0.3, -0.25) is 4.79 Å². The SMILES string of the molecule is O=c1c2cccc3c2c(nn1Cc1ccccc1Cl)-c1ccccc1-3. The molecule has 0 radical (unpaired) electrons. The number of rotatable bonds is 2. The molecule has 3 nitrogen and oxygen atoms in total. The number of hydrogen-bond acceptors (Lipinski definition) is 2. The van der Waals surface area contributed by atoms with Crippen molar-refractivity contribution >= 4 is 22.4 Å². The molecule has 0 amide bonds. The highest BCUT2D eigenvalue weighted by Crippen LogP contribution is 2.44. The molecule has 25 heavy (non-hydrogen) atoms. The summed E-state index contributed by atoms with van der Waals surface area (Å²) in [6.45, 7) is 0.355. The van der Waals surface area contributed by atoms with Gasteiger partial charge < -0.3 is 0 Å². The predicted octanol–water partition coefficient (Wildman–Crippen LogP) is 4.75. The Bertz CT molecular complexity index is 1210. The van der Waals surface area contributed by atoms with E-state index in [2.05, 4.69) is 18.2 Å².